The number of hydrogen-bond donors (Lipinski definition) is 0. The van der Waals surface area contributed by atoms with Crippen LogP contribution in [-0.4, -0.2) is 24.1 Å². The molecule has 29 heavy (non-hydrogen) atoms. The van der Waals surface area contributed by atoms with Gasteiger partial charge in [-0.2, -0.15) is 0 Å². The number of hydrogen-bond acceptors (Lipinski definition) is 3. The van der Waals surface area contributed by atoms with Gasteiger partial charge in [0, 0.05) is 19.2 Å². The molecule has 0 amide bonds. The Bertz CT molecular complexity index is 414. The average molecular weight is 451 g/mol. The van der Waals surface area contributed by atoms with E-state index in [9.17, 15) is 4.79 Å². The second kappa shape index (κ2) is 23.6. The molecule has 0 aromatic carbocycles. The minimum atomic E-state index is -0.0624. The van der Waals surface area contributed by atoms with Gasteiger partial charge in [0.1, 0.15) is 0 Å². The maximum Gasteiger partial charge on any atom is 0.307 e. The van der Waals surface area contributed by atoms with Gasteiger partial charge in [-0.3, -0.25) is 4.79 Å². The Kier molecular flexibility index (Phi) is 24.8. The van der Waals surface area contributed by atoms with Gasteiger partial charge in [0.2, 0.25) is 0 Å². The summed E-state index contributed by atoms with van der Waals surface area (Å²) in [6.07, 6.45) is 28.7. The molecule has 0 atom stereocenters. The number of unbranched alkanes of at least 4 members (excludes halogenated alkanes) is 14. The Balaban J connectivity index is 0. The third-order valence-electron chi connectivity index (χ3n) is 5.26. The highest BCUT2D eigenvalue weighted by Gasteiger charge is 2.05. The maximum atomic E-state index is 11.7. The van der Waals surface area contributed by atoms with Crippen molar-refractivity contribution in [3.05, 3.63) is 24.4 Å². The van der Waals surface area contributed by atoms with Gasteiger partial charge >= 0.3 is 5.97 Å². The first kappa shape index (κ1) is 30.5. The monoisotopic (exact) mass is 449 g/mol. The summed E-state index contributed by atoms with van der Waals surface area (Å²) in [5.74, 6) is -0.0624. The summed E-state index contributed by atoms with van der Waals surface area (Å²) < 4.78 is 5.30. The zero-order chi connectivity index (χ0) is 19.4. The molecule has 0 aromatic rings. The van der Waals surface area contributed by atoms with E-state index in [-0.39, 0.29) is 30.8 Å². The number of halogens is 2. The lowest BCUT2D eigenvalue weighted by Gasteiger charge is -2.19. The van der Waals surface area contributed by atoms with Gasteiger partial charge in [0.25, 0.3) is 0 Å². The number of allylic oxidation sites excluding steroid dienone is 2. The molecule has 0 saturated carbocycles. The second-order valence-electron chi connectivity index (χ2n) is 7.89. The smallest absolute Gasteiger partial charge is 0.307 e. The first-order chi connectivity index (χ1) is 13.3. The third-order valence-corrected chi connectivity index (χ3v) is 5.26. The van der Waals surface area contributed by atoms with Gasteiger partial charge in [-0.1, -0.05) is 109 Å². The number of nitrogens with zero attached hydrogens (tertiary/aromatic N) is 1. The Labute approximate surface area is 192 Å². The van der Waals surface area contributed by atoms with Gasteiger partial charge in [-0.15, -0.1) is 24.8 Å². The highest BCUT2D eigenvalue weighted by Crippen LogP contribution is 2.13. The summed E-state index contributed by atoms with van der Waals surface area (Å²) in [5, 5.41) is 0. The van der Waals surface area contributed by atoms with Crippen LogP contribution in [0.1, 0.15) is 110 Å². The van der Waals surface area contributed by atoms with Gasteiger partial charge < -0.3 is 9.64 Å². The van der Waals surface area contributed by atoms with Crippen molar-refractivity contribution in [2.24, 2.45) is 0 Å². The van der Waals surface area contributed by atoms with Crippen LogP contribution in [0.3, 0.4) is 0 Å². The van der Waals surface area contributed by atoms with Crippen molar-refractivity contribution in [3.63, 3.8) is 0 Å². The lowest BCUT2D eigenvalue weighted by molar-refractivity contribution is -0.147. The van der Waals surface area contributed by atoms with Crippen LogP contribution in [-0.2, 0) is 9.53 Å². The quantitative estimate of drug-likeness (QED) is 0.157. The van der Waals surface area contributed by atoms with Gasteiger partial charge in [-0.25, -0.2) is 0 Å². The minimum Gasteiger partial charge on any atom is -0.444 e. The van der Waals surface area contributed by atoms with Crippen LogP contribution in [0.15, 0.2) is 24.4 Å². The maximum absolute atomic E-state index is 11.7. The van der Waals surface area contributed by atoms with Crippen molar-refractivity contribution in [1.29, 1.82) is 0 Å². The highest BCUT2D eigenvalue weighted by atomic mass is 35.5. The summed E-state index contributed by atoms with van der Waals surface area (Å²) >= 11 is 0. The molecule has 0 bridgehead atoms. The number of carbonyl (C=O) groups excluding carboxylic acids is 1. The zero-order valence-electron chi connectivity index (χ0n) is 18.6. The molecular formula is C24H45Cl2NO2. The van der Waals surface area contributed by atoms with Crippen molar-refractivity contribution in [2.75, 3.05) is 13.3 Å². The number of rotatable bonds is 18. The lowest BCUT2D eigenvalue weighted by atomic mass is 10.0. The van der Waals surface area contributed by atoms with Gasteiger partial charge in [-0.05, 0) is 12.5 Å². The van der Waals surface area contributed by atoms with E-state index in [4.69, 9.17) is 4.74 Å². The summed E-state index contributed by atoms with van der Waals surface area (Å²) in [5.41, 5.74) is 0. The molecule has 0 fully saturated rings. The van der Waals surface area contributed by atoms with E-state index >= 15 is 0 Å². The lowest BCUT2D eigenvalue weighted by Crippen LogP contribution is -2.24. The topological polar surface area (TPSA) is 29.5 Å². The number of esters is 1. The number of carbonyl (C=O) groups is 1. The summed E-state index contributed by atoms with van der Waals surface area (Å²) in [4.78, 5) is 13.7. The van der Waals surface area contributed by atoms with Crippen molar-refractivity contribution >= 4 is 30.8 Å². The van der Waals surface area contributed by atoms with Crippen molar-refractivity contribution in [3.8, 4) is 0 Å². The summed E-state index contributed by atoms with van der Waals surface area (Å²) in [6, 6.07) is 0. The molecule has 0 aromatic heterocycles. The highest BCUT2D eigenvalue weighted by molar-refractivity contribution is 5.85. The molecule has 172 valence electrons. The first-order valence-electron chi connectivity index (χ1n) is 11.6. The predicted octanol–water partition coefficient (Wildman–Crippen LogP) is 7.98. The van der Waals surface area contributed by atoms with E-state index in [2.05, 4.69) is 13.0 Å². The first-order valence-corrected chi connectivity index (χ1v) is 11.6. The van der Waals surface area contributed by atoms with E-state index in [0.29, 0.717) is 13.2 Å². The Morgan fingerprint density at radius 2 is 1.24 bits per heavy atom. The van der Waals surface area contributed by atoms with E-state index < -0.39 is 0 Å². The van der Waals surface area contributed by atoms with Crippen LogP contribution < -0.4 is 0 Å². The van der Waals surface area contributed by atoms with Crippen LogP contribution >= 0.6 is 24.8 Å². The fraction of sp³-hybridized carbons (Fsp3) is 0.792. The Morgan fingerprint density at radius 1 is 0.759 bits per heavy atom. The normalized spacial score (nSPS) is 12.4. The second-order valence-corrected chi connectivity index (χ2v) is 7.89. The fourth-order valence-electron chi connectivity index (χ4n) is 3.47. The van der Waals surface area contributed by atoms with Crippen molar-refractivity contribution in [1.82, 2.24) is 4.90 Å². The van der Waals surface area contributed by atoms with E-state index in [1.165, 1.54) is 83.5 Å². The van der Waals surface area contributed by atoms with Crippen molar-refractivity contribution < 1.29 is 9.53 Å². The predicted molar refractivity (Wildman–Crippen MR) is 130 cm³/mol. The molecule has 0 saturated heterocycles. The van der Waals surface area contributed by atoms with Gasteiger partial charge in [0.15, 0.2) is 6.73 Å². The van der Waals surface area contributed by atoms with E-state index in [1.807, 2.05) is 23.3 Å². The summed E-state index contributed by atoms with van der Waals surface area (Å²) in [7, 11) is 0. The molecule has 0 unspecified atom stereocenters. The van der Waals surface area contributed by atoms with Crippen LogP contribution in [0.25, 0.3) is 0 Å². The van der Waals surface area contributed by atoms with E-state index in [0.717, 1.165) is 19.4 Å². The number of ether oxygens (including phenoxy) is 1. The van der Waals surface area contributed by atoms with Gasteiger partial charge in [0.05, 0.1) is 0 Å². The molecule has 1 heterocycles. The summed E-state index contributed by atoms with van der Waals surface area (Å²) in [6.45, 7) is 3.47. The fourth-order valence-corrected chi connectivity index (χ4v) is 3.47. The zero-order valence-corrected chi connectivity index (χ0v) is 20.3. The Morgan fingerprint density at radius 3 is 1.69 bits per heavy atom. The van der Waals surface area contributed by atoms with Crippen LogP contribution in [0.5, 0.6) is 0 Å². The average Bonchev–Trinajstić information content (AvgIpc) is 2.70. The van der Waals surface area contributed by atoms with Crippen LogP contribution in [0, 0.1) is 0 Å². The molecule has 5 heteroatoms. The Hall–Kier alpha value is -0.670. The largest absolute Gasteiger partial charge is 0.444 e. The third kappa shape index (κ3) is 20.4. The van der Waals surface area contributed by atoms with Crippen LogP contribution in [0.2, 0.25) is 0 Å². The molecule has 1 aliphatic heterocycles. The van der Waals surface area contributed by atoms with E-state index in [1.54, 1.807) is 0 Å². The molecule has 3 nitrogen and oxygen atoms in total. The molecular weight excluding hydrogens is 405 g/mol. The van der Waals surface area contributed by atoms with Crippen molar-refractivity contribution in [2.45, 2.75) is 110 Å². The molecule has 0 spiro atoms. The standard InChI is InChI=1S/C24H43NO2.2ClH/c1-2-3-4-5-6-7-8-9-10-11-12-13-14-15-17-20-24(26)27-23-25-21-18-16-19-22-25;;/h16,18-19,21H,2-15,17,20,22-23H2,1H3;2*1H. The van der Waals surface area contributed by atoms with Crippen LogP contribution in [0.4, 0.5) is 0 Å². The molecule has 0 aliphatic carbocycles. The molecule has 1 aliphatic rings. The molecule has 0 N–H and O–H groups in total. The molecule has 1 rings (SSSR count). The minimum absolute atomic E-state index is 0. The molecule has 0 radical (unpaired) electrons. The SMILES string of the molecule is CCCCCCCCCCCCCCCCCC(=O)OCN1C=CC=CC1.Cl.Cl.